The van der Waals surface area contributed by atoms with Gasteiger partial charge in [-0.1, -0.05) is 0 Å². The van der Waals surface area contributed by atoms with Crippen LogP contribution in [0.25, 0.3) is 0 Å². The van der Waals surface area contributed by atoms with Gasteiger partial charge in [0.05, 0.1) is 31.1 Å². The Kier molecular flexibility index (Phi) is 3.69. The van der Waals surface area contributed by atoms with Gasteiger partial charge in [0.25, 0.3) is 0 Å². The van der Waals surface area contributed by atoms with Gasteiger partial charge in [-0.15, -0.1) is 0 Å². The molecule has 0 aromatic carbocycles. The molecule has 1 aliphatic heterocycles. The van der Waals surface area contributed by atoms with Gasteiger partial charge in [0.15, 0.2) is 0 Å². The average Bonchev–Trinajstić information content (AvgIpc) is 2.63. The summed E-state index contributed by atoms with van der Waals surface area (Å²) in [5, 5.41) is 14.7. The number of hydrogen-bond donors (Lipinski definition) is 1. The lowest BCUT2D eigenvalue weighted by Gasteiger charge is -2.26. The van der Waals surface area contributed by atoms with Crippen LogP contribution in [0.3, 0.4) is 0 Å². The van der Waals surface area contributed by atoms with Crippen LogP contribution in [0.15, 0.2) is 0 Å². The molecule has 1 fully saturated rings. The number of ether oxygens (including phenoxy) is 2. The number of rotatable bonds is 3. The highest BCUT2D eigenvalue weighted by Crippen LogP contribution is 2.35. The summed E-state index contributed by atoms with van der Waals surface area (Å²) < 4.78 is 12.4. The molecule has 2 unspecified atom stereocenters. The summed E-state index contributed by atoms with van der Waals surface area (Å²) in [6.07, 6.45) is 1.43. The third kappa shape index (κ3) is 2.30. The van der Waals surface area contributed by atoms with Gasteiger partial charge in [-0.2, -0.15) is 5.10 Å². The molecule has 2 heterocycles. The highest BCUT2D eigenvalue weighted by atomic mass is 16.5. The van der Waals surface area contributed by atoms with E-state index < -0.39 is 6.10 Å². The van der Waals surface area contributed by atoms with Crippen LogP contribution in [0.2, 0.25) is 0 Å². The maximum atomic E-state index is 10.4. The number of hydrogen-bond acceptors (Lipinski definition) is 4. The first-order valence-electron chi connectivity index (χ1n) is 5.98. The monoisotopic (exact) mass is 240 g/mol. The van der Waals surface area contributed by atoms with Crippen LogP contribution in [0.1, 0.15) is 30.2 Å². The van der Waals surface area contributed by atoms with E-state index in [0.717, 1.165) is 30.7 Å². The Balaban J connectivity index is 2.25. The van der Waals surface area contributed by atoms with E-state index in [1.54, 1.807) is 11.8 Å². The van der Waals surface area contributed by atoms with Crippen molar-refractivity contribution in [2.45, 2.75) is 25.9 Å². The third-order valence-electron chi connectivity index (χ3n) is 3.35. The predicted molar refractivity (Wildman–Crippen MR) is 63.0 cm³/mol. The molecule has 1 aromatic rings. The smallest absolute Gasteiger partial charge is 0.217 e. The fourth-order valence-corrected chi connectivity index (χ4v) is 2.49. The highest BCUT2D eigenvalue weighted by Gasteiger charge is 2.29. The van der Waals surface area contributed by atoms with Gasteiger partial charge in [0, 0.05) is 19.6 Å². The van der Waals surface area contributed by atoms with Gasteiger partial charge in [-0.25, -0.2) is 4.68 Å². The maximum absolute atomic E-state index is 10.4. The Labute approximate surface area is 101 Å². The van der Waals surface area contributed by atoms with Crippen molar-refractivity contribution in [3.05, 3.63) is 11.3 Å². The Bertz CT molecular complexity index is 383. The summed E-state index contributed by atoms with van der Waals surface area (Å²) in [7, 11) is 3.42. The van der Waals surface area contributed by atoms with Gasteiger partial charge in [-0.3, -0.25) is 0 Å². The van der Waals surface area contributed by atoms with E-state index in [0.29, 0.717) is 12.5 Å². The van der Waals surface area contributed by atoms with Gasteiger partial charge in [0.1, 0.15) is 0 Å². The summed E-state index contributed by atoms with van der Waals surface area (Å²) in [4.78, 5) is 0. The minimum Gasteiger partial charge on any atom is -0.481 e. The lowest BCUT2D eigenvalue weighted by atomic mass is 9.91. The van der Waals surface area contributed by atoms with E-state index >= 15 is 0 Å². The van der Waals surface area contributed by atoms with Crippen molar-refractivity contribution in [1.29, 1.82) is 0 Å². The Morgan fingerprint density at radius 2 is 2.35 bits per heavy atom. The second kappa shape index (κ2) is 5.06. The molecule has 0 aliphatic carbocycles. The Hall–Kier alpha value is -1.07. The quantitative estimate of drug-likeness (QED) is 0.862. The third-order valence-corrected chi connectivity index (χ3v) is 3.35. The van der Waals surface area contributed by atoms with Crippen LogP contribution < -0.4 is 4.74 Å². The predicted octanol–water partition coefficient (Wildman–Crippen LogP) is 1.20. The van der Waals surface area contributed by atoms with Crippen molar-refractivity contribution in [3.8, 4) is 5.88 Å². The topological polar surface area (TPSA) is 56.5 Å². The van der Waals surface area contributed by atoms with Crippen LogP contribution in [0.5, 0.6) is 5.88 Å². The molecule has 0 saturated carbocycles. The zero-order chi connectivity index (χ0) is 12.4. The Morgan fingerprint density at radius 1 is 1.59 bits per heavy atom. The molecule has 1 saturated heterocycles. The second-order valence-electron chi connectivity index (χ2n) is 4.55. The van der Waals surface area contributed by atoms with Crippen LogP contribution in [-0.2, 0) is 11.8 Å². The number of methoxy groups -OCH3 is 1. The van der Waals surface area contributed by atoms with E-state index in [4.69, 9.17) is 9.47 Å². The number of aliphatic hydroxyl groups is 1. The number of aliphatic hydroxyl groups excluding tert-OH is 1. The van der Waals surface area contributed by atoms with Crippen molar-refractivity contribution in [2.24, 2.45) is 13.0 Å². The molecule has 96 valence electrons. The molecule has 5 heteroatoms. The zero-order valence-electron chi connectivity index (χ0n) is 10.6. The maximum Gasteiger partial charge on any atom is 0.217 e. The van der Waals surface area contributed by atoms with E-state index in [2.05, 4.69) is 5.10 Å². The zero-order valence-corrected chi connectivity index (χ0v) is 10.6. The van der Waals surface area contributed by atoms with Crippen LogP contribution in [0, 0.1) is 12.8 Å². The van der Waals surface area contributed by atoms with Gasteiger partial charge < -0.3 is 14.6 Å². The lowest BCUT2D eigenvalue weighted by molar-refractivity contribution is -0.0110. The normalized spacial score (nSPS) is 22.5. The van der Waals surface area contributed by atoms with E-state index in [-0.39, 0.29) is 5.92 Å². The van der Waals surface area contributed by atoms with Crippen LogP contribution in [0.4, 0.5) is 0 Å². The lowest BCUT2D eigenvalue weighted by Crippen LogP contribution is -2.24. The minimum absolute atomic E-state index is 0.139. The van der Waals surface area contributed by atoms with Gasteiger partial charge in [0.2, 0.25) is 5.88 Å². The summed E-state index contributed by atoms with van der Waals surface area (Å²) in [6.45, 7) is 3.30. The highest BCUT2D eigenvalue weighted by molar-refractivity contribution is 5.33. The standard InChI is InChI=1S/C12H20N2O3/c1-8-10(12(16-3)14(2)13-8)11(15)9-5-4-6-17-7-9/h9,11,15H,4-7H2,1-3H3. The summed E-state index contributed by atoms with van der Waals surface area (Å²) >= 11 is 0. The number of aryl methyl sites for hydroxylation is 2. The van der Waals surface area contributed by atoms with E-state index in [1.165, 1.54) is 0 Å². The average molecular weight is 240 g/mol. The van der Waals surface area contributed by atoms with Crippen molar-refractivity contribution in [2.75, 3.05) is 20.3 Å². The van der Waals surface area contributed by atoms with Crippen molar-refractivity contribution in [3.63, 3.8) is 0 Å². The first-order valence-corrected chi connectivity index (χ1v) is 5.98. The minimum atomic E-state index is -0.557. The molecule has 2 atom stereocenters. The second-order valence-corrected chi connectivity index (χ2v) is 4.55. The van der Waals surface area contributed by atoms with Crippen molar-refractivity contribution < 1.29 is 14.6 Å². The Morgan fingerprint density at radius 3 is 2.94 bits per heavy atom. The molecule has 0 radical (unpaired) electrons. The number of aromatic nitrogens is 2. The first kappa shape index (κ1) is 12.4. The molecule has 1 aliphatic rings. The molecule has 1 N–H and O–H groups in total. The molecule has 2 rings (SSSR count). The van der Waals surface area contributed by atoms with Crippen LogP contribution >= 0.6 is 0 Å². The summed E-state index contributed by atoms with van der Waals surface area (Å²) in [5.74, 6) is 0.779. The van der Waals surface area contributed by atoms with Crippen molar-refractivity contribution >= 4 is 0 Å². The summed E-state index contributed by atoms with van der Waals surface area (Å²) in [5.41, 5.74) is 1.62. The molecular formula is C12H20N2O3. The first-order chi connectivity index (χ1) is 8.15. The van der Waals surface area contributed by atoms with Gasteiger partial charge in [-0.05, 0) is 19.8 Å². The molecule has 5 nitrogen and oxygen atoms in total. The van der Waals surface area contributed by atoms with E-state index in [9.17, 15) is 5.11 Å². The van der Waals surface area contributed by atoms with Crippen LogP contribution in [-0.4, -0.2) is 35.2 Å². The molecule has 0 bridgehead atoms. The fourth-order valence-electron chi connectivity index (χ4n) is 2.49. The van der Waals surface area contributed by atoms with E-state index in [1.807, 2.05) is 14.0 Å². The fraction of sp³-hybridized carbons (Fsp3) is 0.750. The molecular weight excluding hydrogens is 220 g/mol. The van der Waals surface area contributed by atoms with Crippen molar-refractivity contribution in [1.82, 2.24) is 9.78 Å². The SMILES string of the molecule is COc1c(C(O)C2CCCOC2)c(C)nn1C. The number of nitrogens with zero attached hydrogens (tertiary/aromatic N) is 2. The largest absolute Gasteiger partial charge is 0.481 e. The molecule has 1 aromatic heterocycles. The summed E-state index contributed by atoms with van der Waals surface area (Å²) in [6, 6.07) is 0. The van der Waals surface area contributed by atoms with Gasteiger partial charge >= 0.3 is 0 Å². The molecule has 0 spiro atoms. The molecule has 17 heavy (non-hydrogen) atoms. The molecule has 0 amide bonds.